The molecular formula is C19H18N4O3. The Balaban J connectivity index is 1.71. The largest absolute Gasteiger partial charge is 0.504 e. The van der Waals surface area contributed by atoms with Crippen molar-refractivity contribution in [1.29, 1.82) is 0 Å². The second kappa shape index (κ2) is 7.10. The highest BCUT2D eigenvalue weighted by Gasteiger charge is 2.18. The second-order valence-electron chi connectivity index (χ2n) is 5.87. The van der Waals surface area contributed by atoms with E-state index in [2.05, 4.69) is 16.0 Å². The van der Waals surface area contributed by atoms with E-state index in [4.69, 9.17) is 0 Å². The minimum absolute atomic E-state index is 0.185. The summed E-state index contributed by atoms with van der Waals surface area (Å²) < 4.78 is 1.39. The molecule has 0 aliphatic carbocycles. The van der Waals surface area contributed by atoms with Gasteiger partial charge in [-0.2, -0.15) is 5.10 Å². The van der Waals surface area contributed by atoms with Crippen molar-refractivity contribution in [2.75, 3.05) is 0 Å². The van der Waals surface area contributed by atoms with Gasteiger partial charge in [0, 0.05) is 5.56 Å². The Labute approximate surface area is 150 Å². The smallest absolute Gasteiger partial charge is 0.294 e. The van der Waals surface area contributed by atoms with E-state index in [1.807, 2.05) is 44.2 Å². The number of nitrogens with one attached hydrogen (secondary N) is 2. The van der Waals surface area contributed by atoms with Gasteiger partial charge in [-0.05, 0) is 37.6 Å². The zero-order valence-corrected chi connectivity index (χ0v) is 14.4. The molecule has 0 fully saturated rings. The predicted octanol–water partition coefficient (Wildman–Crippen LogP) is 2.27. The fraction of sp³-hybridized carbons (Fsp3) is 0.105. The molecule has 3 N–H and O–H groups in total. The van der Waals surface area contributed by atoms with E-state index >= 15 is 0 Å². The van der Waals surface area contributed by atoms with Crippen LogP contribution in [0.25, 0.3) is 5.69 Å². The minimum Gasteiger partial charge on any atom is -0.504 e. The van der Waals surface area contributed by atoms with Crippen molar-refractivity contribution in [2.45, 2.75) is 13.8 Å². The molecule has 7 nitrogen and oxygen atoms in total. The molecule has 3 aromatic rings. The fourth-order valence-electron chi connectivity index (χ4n) is 2.55. The van der Waals surface area contributed by atoms with Crippen molar-refractivity contribution in [3.63, 3.8) is 0 Å². The van der Waals surface area contributed by atoms with Crippen LogP contribution in [0, 0.1) is 13.8 Å². The number of carbonyl (C=O) groups excluding carboxylic acids is 2. The van der Waals surface area contributed by atoms with Crippen LogP contribution >= 0.6 is 0 Å². The monoisotopic (exact) mass is 350 g/mol. The van der Waals surface area contributed by atoms with Gasteiger partial charge in [-0.3, -0.25) is 20.4 Å². The first-order valence-electron chi connectivity index (χ1n) is 7.97. The third kappa shape index (κ3) is 3.56. The Kier molecular flexibility index (Phi) is 4.70. The normalized spacial score (nSPS) is 10.4. The van der Waals surface area contributed by atoms with Crippen LogP contribution < -0.4 is 10.9 Å². The Bertz CT molecular complexity index is 964. The lowest BCUT2D eigenvalue weighted by Gasteiger charge is -2.09. The van der Waals surface area contributed by atoms with Gasteiger partial charge in [0.1, 0.15) is 0 Å². The highest BCUT2D eigenvalue weighted by atomic mass is 16.3. The number of amides is 2. The molecule has 3 rings (SSSR count). The Hall–Kier alpha value is -3.61. The van der Waals surface area contributed by atoms with Gasteiger partial charge in [0.2, 0.25) is 0 Å². The molecule has 1 aromatic heterocycles. The summed E-state index contributed by atoms with van der Waals surface area (Å²) in [4.78, 5) is 24.4. The topological polar surface area (TPSA) is 96.3 Å². The van der Waals surface area contributed by atoms with Gasteiger partial charge in [0.05, 0.1) is 11.9 Å². The quantitative estimate of drug-likeness (QED) is 0.631. The number of hydrogen-bond acceptors (Lipinski definition) is 4. The second-order valence-corrected chi connectivity index (χ2v) is 5.87. The maximum atomic E-state index is 12.2. The first-order valence-corrected chi connectivity index (χ1v) is 7.97. The molecular weight excluding hydrogens is 332 g/mol. The number of hydrazine groups is 1. The molecule has 1 heterocycles. The minimum atomic E-state index is -0.713. The molecule has 0 saturated carbocycles. The molecule has 0 aliphatic heterocycles. The number of benzene rings is 2. The van der Waals surface area contributed by atoms with Crippen molar-refractivity contribution in [1.82, 2.24) is 20.6 Å². The lowest BCUT2D eigenvalue weighted by molar-refractivity contribution is 0.0841. The number of aromatic hydroxyl groups is 1. The molecule has 0 radical (unpaired) electrons. The molecule has 132 valence electrons. The third-order valence-corrected chi connectivity index (χ3v) is 3.85. The van der Waals surface area contributed by atoms with Gasteiger partial charge in [-0.25, -0.2) is 4.68 Å². The van der Waals surface area contributed by atoms with Crippen LogP contribution in [0.2, 0.25) is 0 Å². The van der Waals surface area contributed by atoms with E-state index in [1.54, 1.807) is 18.2 Å². The van der Waals surface area contributed by atoms with Crippen molar-refractivity contribution in [2.24, 2.45) is 0 Å². The molecule has 26 heavy (non-hydrogen) atoms. The molecule has 0 saturated heterocycles. The van der Waals surface area contributed by atoms with Gasteiger partial charge in [0.25, 0.3) is 11.8 Å². The van der Waals surface area contributed by atoms with Crippen LogP contribution in [0.15, 0.2) is 54.7 Å². The fourth-order valence-corrected chi connectivity index (χ4v) is 2.55. The number of rotatable bonds is 3. The zero-order valence-electron chi connectivity index (χ0n) is 14.4. The first-order chi connectivity index (χ1) is 12.5. The molecule has 0 spiro atoms. The number of hydrogen-bond donors (Lipinski definition) is 3. The van der Waals surface area contributed by atoms with Gasteiger partial charge < -0.3 is 5.11 Å². The predicted molar refractivity (Wildman–Crippen MR) is 96.1 cm³/mol. The summed E-state index contributed by atoms with van der Waals surface area (Å²) in [6.45, 7) is 3.75. The summed E-state index contributed by atoms with van der Waals surface area (Å²) >= 11 is 0. The van der Waals surface area contributed by atoms with Crippen LogP contribution in [0.1, 0.15) is 32.0 Å². The number of para-hydroxylation sites is 1. The summed E-state index contributed by atoms with van der Waals surface area (Å²) in [7, 11) is 0. The standard InChI is InChI=1S/C19H18N4O3/c1-12-8-9-15(13(2)10-12)18(25)20-21-19(26)17-16(24)11-23(22-17)14-6-4-3-5-7-14/h3-11,24H,1-2H3,(H,20,25)(H,21,26). The van der Waals surface area contributed by atoms with Gasteiger partial charge in [0.15, 0.2) is 11.4 Å². The molecule has 2 aromatic carbocycles. The van der Waals surface area contributed by atoms with E-state index in [0.717, 1.165) is 11.1 Å². The molecule has 0 atom stereocenters. The number of aromatic nitrogens is 2. The SMILES string of the molecule is Cc1ccc(C(=O)NNC(=O)c2nn(-c3ccccc3)cc2O)c(C)c1. The van der Waals surface area contributed by atoms with Crippen LogP contribution in [-0.4, -0.2) is 26.7 Å². The third-order valence-electron chi connectivity index (χ3n) is 3.85. The Morgan fingerprint density at radius 2 is 1.69 bits per heavy atom. The van der Waals surface area contributed by atoms with E-state index in [-0.39, 0.29) is 11.4 Å². The van der Waals surface area contributed by atoms with Gasteiger partial charge in [-0.15, -0.1) is 0 Å². The molecule has 7 heteroatoms. The molecule has 0 aliphatic rings. The van der Waals surface area contributed by atoms with Crippen LogP contribution in [0.4, 0.5) is 0 Å². The van der Waals surface area contributed by atoms with Gasteiger partial charge >= 0.3 is 0 Å². The van der Waals surface area contributed by atoms with Crippen molar-refractivity contribution in [3.8, 4) is 11.4 Å². The lowest BCUT2D eigenvalue weighted by Crippen LogP contribution is -2.42. The average Bonchev–Trinajstić information content (AvgIpc) is 3.02. The maximum Gasteiger partial charge on any atom is 0.294 e. The van der Waals surface area contributed by atoms with Gasteiger partial charge in [-0.1, -0.05) is 35.9 Å². The number of carbonyl (C=O) groups is 2. The number of aryl methyl sites for hydroxylation is 2. The van der Waals surface area contributed by atoms with Crippen LogP contribution in [0.5, 0.6) is 5.75 Å². The van der Waals surface area contributed by atoms with E-state index in [1.165, 1.54) is 10.9 Å². The van der Waals surface area contributed by atoms with E-state index < -0.39 is 11.8 Å². The van der Waals surface area contributed by atoms with Crippen molar-refractivity contribution in [3.05, 3.63) is 77.1 Å². The van der Waals surface area contributed by atoms with Crippen LogP contribution in [-0.2, 0) is 0 Å². The maximum absolute atomic E-state index is 12.2. The lowest BCUT2D eigenvalue weighted by atomic mass is 10.1. The summed E-state index contributed by atoms with van der Waals surface area (Å²) in [5.41, 5.74) is 7.41. The Morgan fingerprint density at radius 1 is 1.00 bits per heavy atom. The average molecular weight is 350 g/mol. The number of nitrogens with zero attached hydrogens (tertiary/aromatic N) is 2. The van der Waals surface area contributed by atoms with E-state index in [0.29, 0.717) is 11.3 Å². The Morgan fingerprint density at radius 3 is 2.38 bits per heavy atom. The van der Waals surface area contributed by atoms with Crippen molar-refractivity contribution < 1.29 is 14.7 Å². The van der Waals surface area contributed by atoms with E-state index in [9.17, 15) is 14.7 Å². The summed E-state index contributed by atoms with van der Waals surface area (Å²) in [6, 6.07) is 14.4. The molecule has 0 bridgehead atoms. The zero-order chi connectivity index (χ0) is 18.7. The highest BCUT2D eigenvalue weighted by molar-refractivity contribution is 6.00. The molecule has 2 amide bonds. The molecule has 0 unspecified atom stereocenters. The summed E-state index contributed by atoms with van der Waals surface area (Å²) in [6.07, 6.45) is 1.33. The van der Waals surface area contributed by atoms with Crippen LogP contribution in [0.3, 0.4) is 0 Å². The summed E-state index contributed by atoms with van der Waals surface area (Å²) in [5, 5.41) is 14.0. The summed E-state index contributed by atoms with van der Waals surface area (Å²) in [5.74, 6) is -1.44. The first kappa shape index (κ1) is 17.2. The highest BCUT2D eigenvalue weighted by Crippen LogP contribution is 2.17. The van der Waals surface area contributed by atoms with Crippen molar-refractivity contribution >= 4 is 11.8 Å².